The van der Waals surface area contributed by atoms with E-state index in [-0.39, 0.29) is 0 Å². The van der Waals surface area contributed by atoms with Gasteiger partial charge in [0.05, 0.1) is 19.6 Å². The summed E-state index contributed by atoms with van der Waals surface area (Å²) in [6.07, 6.45) is -0.389. The second-order valence-corrected chi connectivity index (χ2v) is 4.13. The topological polar surface area (TPSA) is 104 Å². The van der Waals surface area contributed by atoms with Crippen LogP contribution in [-0.4, -0.2) is 40.5 Å². The van der Waals surface area contributed by atoms with E-state index in [0.29, 0.717) is 11.1 Å². The van der Waals surface area contributed by atoms with Crippen LogP contribution in [-0.2, 0) is 14.3 Å². The fraction of sp³-hybridized carbons (Fsp3) is 0.286. The molecule has 0 amide bonds. The van der Waals surface area contributed by atoms with E-state index in [0.717, 1.165) is 0 Å². The van der Waals surface area contributed by atoms with Gasteiger partial charge >= 0.3 is 11.9 Å². The van der Waals surface area contributed by atoms with Crippen molar-refractivity contribution >= 4 is 18.0 Å². The number of hydrogen-bond donors (Lipinski definition) is 3. The summed E-state index contributed by atoms with van der Waals surface area (Å²) in [5.74, 6) is -1.67. The van der Waals surface area contributed by atoms with Gasteiger partial charge in [-0.25, -0.2) is 4.79 Å². The third-order valence-corrected chi connectivity index (χ3v) is 2.64. The summed E-state index contributed by atoms with van der Waals surface area (Å²) in [6, 6.07) is 6.36. The van der Waals surface area contributed by atoms with Crippen molar-refractivity contribution in [2.45, 2.75) is 18.6 Å². The van der Waals surface area contributed by atoms with Crippen LogP contribution in [0.4, 0.5) is 0 Å². The average Bonchev–Trinajstić information content (AvgIpc) is 2.43. The zero-order valence-electron chi connectivity index (χ0n) is 10.9. The SMILES string of the molecule is COC(=O)/C=C/c1ccc(C(O)C(O)CC(=O)O)cc1. The molecule has 1 rings (SSSR count). The maximum absolute atomic E-state index is 10.9. The molecule has 0 aliphatic heterocycles. The molecule has 0 bridgehead atoms. The lowest BCUT2D eigenvalue weighted by atomic mass is 10.0. The first-order chi connectivity index (χ1) is 9.43. The van der Waals surface area contributed by atoms with Gasteiger partial charge in [-0.1, -0.05) is 24.3 Å². The van der Waals surface area contributed by atoms with E-state index in [9.17, 15) is 19.8 Å². The number of aliphatic hydroxyl groups excluding tert-OH is 2. The van der Waals surface area contributed by atoms with Gasteiger partial charge in [0, 0.05) is 6.08 Å². The lowest BCUT2D eigenvalue weighted by Crippen LogP contribution is -2.21. The van der Waals surface area contributed by atoms with Gasteiger partial charge in [-0.3, -0.25) is 4.79 Å². The minimum atomic E-state index is -1.37. The predicted molar refractivity (Wildman–Crippen MR) is 70.7 cm³/mol. The fourth-order valence-corrected chi connectivity index (χ4v) is 1.55. The first kappa shape index (κ1) is 15.9. The van der Waals surface area contributed by atoms with Crippen LogP contribution >= 0.6 is 0 Å². The zero-order chi connectivity index (χ0) is 15.1. The largest absolute Gasteiger partial charge is 0.481 e. The molecule has 0 fully saturated rings. The van der Waals surface area contributed by atoms with E-state index in [1.165, 1.54) is 19.3 Å². The first-order valence-corrected chi connectivity index (χ1v) is 5.88. The van der Waals surface area contributed by atoms with Gasteiger partial charge in [0.25, 0.3) is 0 Å². The molecule has 0 aromatic heterocycles. The molecule has 2 unspecified atom stereocenters. The molecule has 2 atom stereocenters. The number of methoxy groups -OCH3 is 1. The van der Waals surface area contributed by atoms with Crippen LogP contribution < -0.4 is 0 Å². The smallest absolute Gasteiger partial charge is 0.330 e. The molecular weight excluding hydrogens is 264 g/mol. The van der Waals surface area contributed by atoms with E-state index in [1.54, 1.807) is 24.3 Å². The van der Waals surface area contributed by atoms with Gasteiger partial charge in [0.2, 0.25) is 0 Å². The van der Waals surface area contributed by atoms with Crippen LogP contribution in [0.3, 0.4) is 0 Å². The number of carboxylic acids is 1. The maximum atomic E-state index is 10.9. The molecular formula is C14H16O6. The Kier molecular flexibility index (Phi) is 5.89. The standard InChI is InChI=1S/C14H16O6/c1-20-13(18)7-4-9-2-5-10(6-3-9)14(19)11(15)8-12(16)17/h2-7,11,14-15,19H,8H2,1H3,(H,16,17)/b7-4+. The van der Waals surface area contributed by atoms with Crippen LogP contribution in [0.15, 0.2) is 30.3 Å². The third kappa shape index (κ3) is 4.83. The Hall–Kier alpha value is -2.18. The van der Waals surface area contributed by atoms with Crippen LogP contribution in [0.25, 0.3) is 6.08 Å². The highest BCUT2D eigenvalue weighted by atomic mass is 16.5. The molecule has 1 aromatic carbocycles. The summed E-state index contributed by atoms with van der Waals surface area (Å²) >= 11 is 0. The van der Waals surface area contributed by atoms with E-state index in [4.69, 9.17) is 5.11 Å². The van der Waals surface area contributed by atoms with Crippen molar-refractivity contribution in [3.05, 3.63) is 41.5 Å². The lowest BCUT2D eigenvalue weighted by molar-refractivity contribution is -0.141. The van der Waals surface area contributed by atoms with E-state index in [2.05, 4.69) is 4.74 Å². The van der Waals surface area contributed by atoms with Crippen molar-refractivity contribution in [2.24, 2.45) is 0 Å². The summed E-state index contributed by atoms with van der Waals surface area (Å²) in [6.45, 7) is 0. The quantitative estimate of drug-likeness (QED) is 0.524. The van der Waals surface area contributed by atoms with E-state index >= 15 is 0 Å². The van der Waals surface area contributed by atoms with Crippen LogP contribution in [0.5, 0.6) is 0 Å². The van der Waals surface area contributed by atoms with Gasteiger partial charge in [0.1, 0.15) is 6.10 Å². The number of benzene rings is 1. The van der Waals surface area contributed by atoms with Crippen molar-refractivity contribution in [2.75, 3.05) is 7.11 Å². The summed E-state index contributed by atoms with van der Waals surface area (Å²) in [5.41, 5.74) is 1.10. The second-order valence-electron chi connectivity index (χ2n) is 4.13. The predicted octanol–water partition coefficient (Wildman–Crippen LogP) is 0.742. The van der Waals surface area contributed by atoms with E-state index < -0.39 is 30.6 Å². The highest BCUT2D eigenvalue weighted by molar-refractivity contribution is 5.86. The molecule has 0 heterocycles. The Balaban J connectivity index is 2.73. The van der Waals surface area contributed by atoms with Gasteiger partial charge in [-0.15, -0.1) is 0 Å². The summed E-state index contributed by atoms with van der Waals surface area (Å²) < 4.78 is 4.45. The Labute approximate surface area is 115 Å². The summed E-state index contributed by atoms with van der Waals surface area (Å²) in [7, 11) is 1.27. The van der Waals surface area contributed by atoms with Crippen molar-refractivity contribution in [3.8, 4) is 0 Å². The van der Waals surface area contributed by atoms with Crippen LogP contribution in [0.2, 0.25) is 0 Å². The minimum absolute atomic E-state index is 0.397. The second kappa shape index (κ2) is 7.42. The highest BCUT2D eigenvalue weighted by Crippen LogP contribution is 2.19. The van der Waals surface area contributed by atoms with Gasteiger partial charge in [-0.2, -0.15) is 0 Å². The van der Waals surface area contributed by atoms with Crippen LogP contribution in [0, 0.1) is 0 Å². The molecule has 6 nitrogen and oxygen atoms in total. The molecule has 0 spiro atoms. The zero-order valence-corrected chi connectivity index (χ0v) is 10.9. The van der Waals surface area contributed by atoms with E-state index in [1.807, 2.05) is 0 Å². The molecule has 3 N–H and O–H groups in total. The maximum Gasteiger partial charge on any atom is 0.330 e. The molecule has 108 valence electrons. The van der Waals surface area contributed by atoms with Crippen LogP contribution in [0.1, 0.15) is 23.7 Å². The number of ether oxygens (including phenoxy) is 1. The third-order valence-electron chi connectivity index (χ3n) is 2.64. The molecule has 0 aliphatic carbocycles. The number of aliphatic carboxylic acids is 1. The molecule has 1 aromatic rings. The Bertz CT molecular complexity index is 491. The number of carbonyl (C=O) groups excluding carboxylic acids is 1. The van der Waals surface area contributed by atoms with Crippen molar-refractivity contribution in [1.29, 1.82) is 0 Å². The number of aliphatic hydroxyl groups is 2. The molecule has 0 saturated heterocycles. The number of carboxylic acid groups (broad SMARTS) is 1. The Morgan fingerprint density at radius 1 is 1.25 bits per heavy atom. The van der Waals surface area contributed by atoms with Gasteiger partial charge < -0.3 is 20.1 Å². The molecule has 0 saturated carbocycles. The van der Waals surface area contributed by atoms with Crippen molar-refractivity contribution in [1.82, 2.24) is 0 Å². The molecule has 0 aliphatic rings. The summed E-state index contributed by atoms with van der Waals surface area (Å²) in [5, 5.41) is 27.8. The first-order valence-electron chi connectivity index (χ1n) is 5.88. The monoisotopic (exact) mass is 280 g/mol. The lowest BCUT2D eigenvalue weighted by Gasteiger charge is -2.16. The average molecular weight is 280 g/mol. The number of esters is 1. The van der Waals surface area contributed by atoms with Gasteiger partial charge in [0.15, 0.2) is 0 Å². The van der Waals surface area contributed by atoms with Crippen molar-refractivity contribution < 1.29 is 29.6 Å². The van der Waals surface area contributed by atoms with Crippen molar-refractivity contribution in [3.63, 3.8) is 0 Å². The highest BCUT2D eigenvalue weighted by Gasteiger charge is 2.20. The molecule has 6 heteroatoms. The Morgan fingerprint density at radius 2 is 1.85 bits per heavy atom. The number of carbonyl (C=O) groups is 2. The Morgan fingerprint density at radius 3 is 2.35 bits per heavy atom. The minimum Gasteiger partial charge on any atom is -0.481 e. The molecule has 0 radical (unpaired) electrons. The summed E-state index contributed by atoms with van der Waals surface area (Å²) in [4.78, 5) is 21.4. The number of rotatable bonds is 6. The normalized spacial score (nSPS) is 13.9. The number of hydrogen-bond acceptors (Lipinski definition) is 5. The van der Waals surface area contributed by atoms with Gasteiger partial charge in [-0.05, 0) is 17.2 Å². The fourth-order valence-electron chi connectivity index (χ4n) is 1.55. The molecule has 20 heavy (non-hydrogen) atoms.